The summed E-state index contributed by atoms with van der Waals surface area (Å²) < 4.78 is 3.10. The molecule has 0 saturated heterocycles. The van der Waals surface area contributed by atoms with E-state index in [2.05, 4.69) is 32.6 Å². The number of hydrogen-bond donors (Lipinski definition) is 1. The van der Waals surface area contributed by atoms with E-state index in [9.17, 15) is 0 Å². The van der Waals surface area contributed by atoms with Crippen molar-refractivity contribution in [2.24, 2.45) is 0 Å². The number of nitrogens with zero attached hydrogens (tertiary/aromatic N) is 2. The van der Waals surface area contributed by atoms with Crippen molar-refractivity contribution in [3.63, 3.8) is 0 Å². The zero-order valence-corrected chi connectivity index (χ0v) is 12.3. The number of halogens is 1. The topological polar surface area (TPSA) is 54.7 Å². The van der Waals surface area contributed by atoms with Gasteiger partial charge < -0.3 is 10.3 Å². The van der Waals surface area contributed by atoms with Gasteiger partial charge in [0.05, 0.1) is 11.6 Å². The summed E-state index contributed by atoms with van der Waals surface area (Å²) >= 11 is 3.46. The van der Waals surface area contributed by atoms with Crippen molar-refractivity contribution in [1.29, 1.82) is 5.26 Å². The molecule has 0 atom stereocenters. The highest BCUT2D eigenvalue weighted by Gasteiger charge is 2.06. The molecule has 0 aliphatic heterocycles. The summed E-state index contributed by atoms with van der Waals surface area (Å²) in [7, 11) is 0. The zero-order valence-electron chi connectivity index (χ0n) is 10.7. The maximum absolute atomic E-state index is 9.13. The summed E-state index contributed by atoms with van der Waals surface area (Å²) in [5.74, 6) is 0. The summed E-state index contributed by atoms with van der Waals surface area (Å²) in [5.41, 5.74) is 9.49. The van der Waals surface area contributed by atoms with Crippen LogP contribution < -0.4 is 5.73 Å². The molecule has 0 aliphatic rings. The molecule has 1 aromatic heterocycles. The molecule has 98 valence electrons. The number of nitrogen functional groups attached to an aromatic ring is 1. The van der Waals surface area contributed by atoms with E-state index in [0.29, 0.717) is 5.56 Å². The first-order valence-electron chi connectivity index (χ1n) is 6.20. The van der Waals surface area contributed by atoms with Crippen molar-refractivity contribution in [2.75, 3.05) is 5.73 Å². The summed E-state index contributed by atoms with van der Waals surface area (Å²) in [6.45, 7) is 0.724. The van der Waals surface area contributed by atoms with Crippen LogP contribution in [-0.4, -0.2) is 4.57 Å². The zero-order chi connectivity index (χ0) is 14.1. The van der Waals surface area contributed by atoms with Gasteiger partial charge in [0.25, 0.3) is 0 Å². The number of rotatable bonds is 2. The lowest BCUT2D eigenvalue weighted by Crippen LogP contribution is -1.99. The molecule has 0 spiro atoms. The normalized spacial score (nSPS) is 10.6. The second-order valence-corrected chi connectivity index (χ2v) is 5.60. The summed E-state index contributed by atoms with van der Waals surface area (Å²) in [6.07, 6.45) is 2.00. The molecular weight excluding hydrogens is 314 g/mol. The molecule has 3 nitrogen and oxygen atoms in total. The minimum absolute atomic E-state index is 0.704. The van der Waals surface area contributed by atoms with Crippen LogP contribution in [0.15, 0.2) is 53.1 Å². The largest absolute Gasteiger partial charge is 0.399 e. The lowest BCUT2D eigenvalue weighted by molar-refractivity contribution is 0.837. The Bertz CT molecular complexity index is 807. The lowest BCUT2D eigenvalue weighted by Gasteiger charge is -2.07. The van der Waals surface area contributed by atoms with Gasteiger partial charge in [0.2, 0.25) is 0 Å². The Hall–Kier alpha value is -2.25. The number of nitriles is 1. The lowest BCUT2D eigenvalue weighted by atomic mass is 10.1. The number of aromatic nitrogens is 1. The maximum Gasteiger partial charge on any atom is 0.0998 e. The van der Waals surface area contributed by atoms with Crippen LogP contribution in [0.25, 0.3) is 10.9 Å². The first-order chi connectivity index (χ1) is 9.67. The van der Waals surface area contributed by atoms with E-state index in [1.807, 2.05) is 42.6 Å². The van der Waals surface area contributed by atoms with Crippen LogP contribution >= 0.6 is 15.9 Å². The highest BCUT2D eigenvalue weighted by atomic mass is 79.9. The van der Waals surface area contributed by atoms with Crippen molar-refractivity contribution in [1.82, 2.24) is 4.57 Å². The van der Waals surface area contributed by atoms with E-state index in [1.165, 1.54) is 0 Å². The van der Waals surface area contributed by atoms with E-state index in [-0.39, 0.29) is 0 Å². The van der Waals surface area contributed by atoms with Crippen LogP contribution in [0.2, 0.25) is 0 Å². The number of fused-ring (bicyclic) bond motifs is 1. The fourth-order valence-corrected chi connectivity index (χ4v) is 2.98. The maximum atomic E-state index is 9.13. The summed E-state index contributed by atoms with van der Waals surface area (Å²) in [5, 5.41) is 10.1. The minimum Gasteiger partial charge on any atom is -0.399 e. The van der Waals surface area contributed by atoms with E-state index >= 15 is 0 Å². The Kier molecular flexibility index (Phi) is 3.21. The highest BCUT2D eigenvalue weighted by Crippen LogP contribution is 2.23. The fourth-order valence-electron chi connectivity index (χ4n) is 2.42. The molecule has 2 N–H and O–H groups in total. The molecule has 3 rings (SSSR count). The average molecular weight is 326 g/mol. The van der Waals surface area contributed by atoms with E-state index < -0.39 is 0 Å². The number of hydrogen-bond acceptors (Lipinski definition) is 2. The highest BCUT2D eigenvalue weighted by molar-refractivity contribution is 9.10. The molecule has 0 bridgehead atoms. The van der Waals surface area contributed by atoms with Crippen molar-refractivity contribution in [2.45, 2.75) is 6.54 Å². The van der Waals surface area contributed by atoms with Crippen LogP contribution in [0.1, 0.15) is 11.1 Å². The van der Waals surface area contributed by atoms with Crippen molar-refractivity contribution >= 4 is 32.5 Å². The van der Waals surface area contributed by atoms with Gasteiger partial charge >= 0.3 is 0 Å². The van der Waals surface area contributed by atoms with Gasteiger partial charge in [0.15, 0.2) is 0 Å². The van der Waals surface area contributed by atoms with E-state index in [4.69, 9.17) is 11.0 Å². The third-order valence-corrected chi connectivity index (χ3v) is 3.72. The standard InChI is InChI=1S/C16H12BrN3/c17-13-6-11(7-14(19)8-13)10-20-5-4-15-12(9-18)2-1-3-16(15)20/h1-8H,10,19H2. The first-order valence-corrected chi connectivity index (χ1v) is 6.99. The second kappa shape index (κ2) is 5.03. The molecular formula is C16H12BrN3. The van der Waals surface area contributed by atoms with Gasteiger partial charge in [0.1, 0.15) is 0 Å². The van der Waals surface area contributed by atoms with E-state index in [1.54, 1.807) is 0 Å². The van der Waals surface area contributed by atoms with Gasteiger partial charge in [0, 0.05) is 33.8 Å². The minimum atomic E-state index is 0.704. The molecule has 4 heteroatoms. The van der Waals surface area contributed by atoms with Crippen LogP contribution in [0.3, 0.4) is 0 Å². The number of anilines is 1. The van der Waals surface area contributed by atoms with Crippen molar-refractivity contribution in [3.8, 4) is 6.07 Å². The second-order valence-electron chi connectivity index (χ2n) is 4.69. The number of benzene rings is 2. The Balaban J connectivity index is 2.05. The Morgan fingerprint density at radius 3 is 2.80 bits per heavy atom. The third kappa shape index (κ3) is 2.28. The van der Waals surface area contributed by atoms with E-state index in [0.717, 1.165) is 33.2 Å². The molecule has 0 saturated carbocycles. The molecule has 1 heterocycles. The number of nitrogens with two attached hydrogens (primary N) is 1. The molecule has 0 amide bonds. The third-order valence-electron chi connectivity index (χ3n) is 3.27. The van der Waals surface area contributed by atoms with Gasteiger partial charge in [-0.2, -0.15) is 5.26 Å². The molecule has 0 unspecified atom stereocenters. The molecule has 0 aliphatic carbocycles. The van der Waals surface area contributed by atoms with Gasteiger partial charge in [-0.1, -0.05) is 22.0 Å². The molecule has 2 aromatic carbocycles. The average Bonchev–Trinajstić information content (AvgIpc) is 2.81. The predicted octanol–water partition coefficient (Wildman–Crippen LogP) is 3.91. The first kappa shape index (κ1) is 12.8. The SMILES string of the molecule is N#Cc1cccc2c1ccn2Cc1cc(N)cc(Br)c1. The Morgan fingerprint density at radius 1 is 1.20 bits per heavy atom. The Morgan fingerprint density at radius 2 is 2.05 bits per heavy atom. The van der Waals surface area contributed by atoms with Crippen LogP contribution in [-0.2, 0) is 6.54 Å². The molecule has 0 radical (unpaired) electrons. The fraction of sp³-hybridized carbons (Fsp3) is 0.0625. The Labute approximate surface area is 125 Å². The predicted molar refractivity (Wildman–Crippen MR) is 84.3 cm³/mol. The van der Waals surface area contributed by atoms with Crippen LogP contribution in [0.5, 0.6) is 0 Å². The summed E-state index contributed by atoms with van der Waals surface area (Å²) in [4.78, 5) is 0. The monoisotopic (exact) mass is 325 g/mol. The van der Waals surface area contributed by atoms with Gasteiger partial charge in [-0.05, 0) is 42.0 Å². The van der Waals surface area contributed by atoms with Crippen molar-refractivity contribution in [3.05, 3.63) is 64.3 Å². The van der Waals surface area contributed by atoms with Crippen LogP contribution in [0, 0.1) is 11.3 Å². The molecule has 20 heavy (non-hydrogen) atoms. The summed E-state index contributed by atoms with van der Waals surface area (Å²) in [6, 6.07) is 15.9. The van der Waals surface area contributed by atoms with Gasteiger partial charge in [-0.25, -0.2) is 0 Å². The van der Waals surface area contributed by atoms with Gasteiger partial charge in [-0.15, -0.1) is 0 Å². The van der Waals surface area contributed by atoms with Crippen molar-refractivity contribution < 1.29 is 0 Å². The molecule has 0 fully saturated rings. The smallest absolute Gasteiger partial charge is 0.0998 e. The molecule has 3 aromatic rings. The quantitative estimate of drug-likeness (QED) is 0.726. The van der Waals surface area contributed by atoms with Gasteiger partial charge in [-0.3, -0.25) is 0 Å². The van der Waals surface area contributed by atoms with Crippen LogP contribution in [0.4, 0.5) is 5.69 Å².